The molecule has 0 radical (unpaired) electrons. The lowest BCUT2D eigenvalue weighted by Gasteiger charge is -2.15. The maximum atomic E-state index is 15.2. The maximum absolute atomic E-state index is 15.2. The molecule has 1 heterocycles. The minimum atomic E-state index is -4.10. The molecule has 2 saturated carbocycles. The van der Waals surface area contributed by atoms with Gasteiger partial charge in [-0.25, -0.2) is 22.6 Å². The lowest BCUT2D eigenvalue weighted by atomic mass is 10.0. The van der Waals surface area contributed by atoms with Gasteiger partial charge in [0.15, 0.2) is 15.1 Å². The van der Waals surface area contributed by atoms with Crippen LogP contribution < -0.4 is 16.0 Å². The number of amides is 3. The van der Waals surface area contributed by atoms with E-state index in [4.69, 9.17) is 9.47 Å². The van der Waals surface area contributed by atoms with Gasteiger partial charge in [0.1, 0.15) is 10.8 Å². The molecule has 14 heteroatoms. The minimum Gasteiger partial charge on any atom is -0.449 e. The highest BCUT2D eigenvalue weighted by Gasteiger charge is 2.37. The van der Waals surface area contributed by atoms with E-state index in [9.17, 15) is 22.8 Å². The van der Waals surface area contributed by atoms with Gasteiger partial charge in [0.2, 0.25) is 11.8 Å². The number of benzene rings is 2. The van der Waals surface area contributed by atoms with Gasteiger partial charge in [-0.2, -0.15) is 0 Å². The average molecular weight is 619 g/mol. The standard InChI is InChI=1S/C28H31FN4O7S2/c1-39-10-11-42(37,38)25(26(35)30-14-24(34)31-18-8-9-18)27-33-22-13-21(29)20(12-23(22)41-27)17-4-6-19(7-5-17)32-28(36)40-15-16-2-3-16/h4-7,12-13,16,18,25H,2-3,8-11,14-15H2,1H3,(H,30,35)(H,31,34)(H,32,36). The number of ether oxygens (including phenoxy) is 2. The number of aromatic nitrogens is 1. The van der Waals surface area contributed by atoms with Crippen LogP contribution in [0.2, 0.25) is 0 Å². The van der Waals surface area contributed by atoms with Gasteiger partial charge in [-0.3, -0.25) is 14.9 Å². The van der Waals surface area contributed by atoms with Gasteiger partial charge in [0.05, 0.1) is 35.7 Å². The Morgan fingerprint density at radius 1 is 1.12 bits per heavy atom. The third-order valence-corrected chi connectivity index (χ3v) is 9.97. The maximum Gasteiger partial charge on any atom is 0.411 e. The summed E-state index contributed by atoms with van der Waals surface area (Å²) in [5.74, 6) is -1.90. The SMILES string of the molecule is COCCS(=O)(=O)C(C(=O)NCC(=O)NC1CC1)c1nc2cc(F)c(-c3ccc(NC(=O)OCC4CC4)cc3)cc2s1. The largest absolute Gasteiger partial charge is 0.449 e. The third-order valence-electron chi connectivity index (χ3n) is 6.84. The van der Waals surface area contributed by atoms with Crippen molar-refractivity contribution in [3.63, 3.8) is 0 Å². The number of methoxy groups -OCH3 is 1. The van der Waals surface area contributed by atoms with Crippen molar-refractivity contribution in [2.75, 3.05) is 37.9 Å². The van der Waals surface area contributed by atoms with Crippen LogP contribution in [0.4, 0.5) is 14.9 Å². The number of hydrogen-bond acceptors (Lipinski definition) is 9. The smallest absolute Gasteiger partial charge is 0.411 e. The number of halogens is 1. The number of hydrogen-bond donors (Lipinski definition) is 3. The highest BCUT2D eigenvalue weighted by Crippen LogP contribution is 2.36. The predicted molar refractivity (Wildman–Crippen MR) is 155 cm³/mol. The molecule has 2 fully saturated rings. The fourth-order valence-electron chi connectivity index (χ4n) is 4.18. The topological polar surface area (TPSA) is 153 Å². The van der Waals surface area contributed by atoms with Gasteiger partial charge >= 0.3 is 6.09 Å². The highest BCUT2D eigenvalue weighted by atomic mass is 32.2. The van der Waals surface area contributed by atoms with Crippen LogP contribution in [-0.2, 0) is 28.9 Å². The molecule has 2 aromatic carbocycles. The Morgan fingerprint density at radius 3 is 2.52 bits per heavy atom. The van der Waals surface area contributed by atoms with Crippen LogP contribution in [0.5, 0.6) is 0 Å². The number of rotatable bonds is 13. The van der Waals surface area contributed by atoms with Crippen molar-refractivity contribution in [1.82, 2.24) is 15.6 Å². The summed E-state index contributed by atoms with van der Waals surface area (Å²) in [5.41, 5.74) is 1.44. The van der Waals surface area contributed by atoms with Crippen LogP contribution >= 0.6 is 11.3 Å². The summed E-state index contributed by atoms with van der Waals surface area (Å²) in [6.45, 7) is -0.128. The van der Waals surface area contributed by atoms with E-state index in [0.29, 0.717) is 28.5 Å². The Labute approximate surface area is 246 Å². The van der Waals surface area contributed by atoms with Gasteiger partial charge in [-0.05, 0) is 55.4 Å². The van der Waals surface area contributed by atoms with Gasteiger partial charge in [-0.1, -0.05) is 12.1 Å². The second kappa shape index (κ2) is 12.7. The Bertz CT molecular complexity index is 1590. The number of nitrogens with one attached hydrogen (secondary N) is 3. The summed E-state index contributed by atoms with van der Waals surface area (Å²) < 4.78 is 52.1. The van der Waals surface area contributed by atoms with E-state index in [1.165, 1.54) is 19.2 Å². The number of nitrogens with zero attached hydrogens (tertiary/aromatic N) is 1. The zero-order valence-corrected chi connectivity index (χ0v) is 24.5. The lowest BCUT2D eigenvalue weighted by Crippen LogP contribution is -2.41. The van der Waals surface area contributed by atoms with Crippen molar-refractivity contribution in [3.05, 3.63) is 47.2 Å². The van der Waals surface area contributed by atoms with E-state index in [1.54, 1.807) is 24.3 Å². The monoisotopic (exact) mass is 618 g/mol. The van der Waals surface area contributed by atoms with Crippen molar-refractivity contribution in [2.45, 2.75) is 37.0 Å². The van der Waals surface area contributed by atoms with Crippen LogP contribution in [0.3, 0.4) is 0 Å². The fourth-order valence-corrected chi connectivity index (χ4v) is 7.13. The minimum absolute atomic E-state index is 0.0398. The molecule has 11 nitrogen and oxygen atoms in total. The van der Waals surface area contributed by atoms with E-state index in [2.05, 4.69) is 20.9 Å². The van der Waals surface area contributed by atoms with Crippen molar-refractivity contribution < 1.29 is 36.7 Å². The van der Waals surface area contributed by atoms with Crippen LogP contribution in [0.25, 0.3) is 21.3 Å². The van der Waals surface area contributed by atoms with E-state index >= 15 is 4.39 Å². The first-order valence-electron chi connectivity index (χ1n) is 13.5. The van der Waals surface area contributed by atoms with Crippen LogP contribution in [0, 0.1) is 11.7 Å². The first-order valence-corrected chi connectivity index (χ1v) is 16.1. The lowest BCUT2D eigenvalue weighted by molar-refractivity contribution is -0.126. The molecule has 224 valence electrons. The third kappa shape index (κ3) is 7.61. The van der Waals surface area contributed by atoms with Crippen LogP contribution in [0.15, 0.2) is 36.4 Å². The molecule has 2 aliphatic carbocycles. The second-order valence-corrected chi connectivity index (χ2v) is 13.7. The predicted octanol–water partition coefficient (Wildman–Crippen LogP) is 3.56. The van der Waals surface area contributed by atoms with E-state index in [0.717, 1.165) is 37.0 Å². The van der Waals surface area contributed by atoms with Crippen LogP contribution in [0.1, 0.15) is 35.9 Å². The molecule has 5 rings (SSSR count). The fraction of sp³-hybridized carbons (Fsp3) is 0.429. The number of anilines is 1. The molecule has 2 aliphatic rings. The molecule has 0 spiro atoms. The zero-order valence-electron chi connectivity index (χ0n) is 22.9. The van der Waals surface area contributed by atoms with E-state index < -0.39 is 44.6 Å². The summed E-state index contributed by atoms with van der Waals surface area (Å²) in [5, 5.41) is 6.04. The summed E-state index contributed by atoms with van der Waals surface area (Å²) in [4.78, 5) is 41.5. The van der Waals surface area contributed by atoms with Crippen molar-refractivity contribution in [2.24, 2.45) is 5.92 Å². The van der Waals surface area contributed by atoms with Gasteiger partial charge in [-0.15, -0.1) is 11.3 Å². The molecule has 42 heavy (non-hydrogen) atoms. The molecule has 1 atom stereocenters. The summed E-state index contributed by atoms with van der Waals surface area (Å²) in [6, 6.07) is 9.34. The quantitative estimate of drug-likeness (QED) is 0.263. The molecule has 3 aromatic rings. The molecular weight excluding hydrogens is 587 g/mol. The Kier molecular flexibility index (Phi) is 9.04. The molecule has 0 saturated heterocycles. The zero-order chi connectivity index (χ0) is 29.9. The second-order valence-electron chi connectivity index (χ2n) is 10.4. The molecular formula is C28H31FN4O7S2. The number of fused-ring (bicyclic) bond motifs is 1. The van der Waals surface area contributed by atoms with Gasteiger partial charge < -0.3 is 20.1 Å². The van der Waals surface area contributed by atoms with Crippen molar-refractivity contribution in [3.8, 4) is 11.1 Å². The first kappa shape index (κ1) is 29.9. The molecule has 3 N–H and O–H groups in total. The molecule has 1 unspecified atom stereocenters. The molecule has 0 aliphatic heterocycles. The molecule has 0 bridgehead atoms. The van der Waals surface area contributed by atoms with E-state index in [-0.39, 0.29) is 35.3 Å². The number of carbonyl (C=O) groups excluding carboxylic acids is 3. The highest BCUT2D eigenvalue weighted by molar-refractivity contribution is 7.92. The summed E-state index contributed by atoms with van der Waals surface area (Å²) >= 11 is 0.958. The molecule has 1 aromatic heterocycles. The van der Waals surface area contributed by atoms with Gasteiger partial charge in [0.25, 0.3) is 0 Å². The van der Waals surface area contributed by atoms with Crippen molar-refractivity contribution >= 4 is 55.0 Å². The number of carbonyl (C=O) groups is 3. The first-order chi connectivity index (χ1) is 20.1. The Morgan fingerprint density at radius 2 is 1.86 bits per heavy atom. The Balaban J connectivity index is 1.35. The summed E-state index contributed by atoms with van der Waals surface area (Å²) in [7, 11) is -2.75. The van der Waals surface area contributed by atoms with E-state index in [1.807, 2.05) is 0 Å². The van der Waals surface area contributed by atoms with Crippen molar-refractivity contribution in [1.29, 1.82) is 0 Å². The number of thiazole rings is 1. The summed E-state index contributed by atoms with van der Waals surface area (Å²) in [6.07, 6.45) is 3.31. The van der Waals surface area contributed by atoms with Gasteiger partial charge in [0, 0.05) is 30.5 Å². The average Bonchev–Trinajstić information content (AvgIpc) is 3.89. The molecule has 3 amide bonds. The van der Waals surface area contributed by atoms with Crippen LogP contribution in [-0.4, -0.2) is 70.0 Å². The number of sulfone groups is 1. The Hall–Kier alpha value is -3.62. The normalized spacial score (nSPS) is 15.7.